The van der Waals surface area contributed by atoms with Crippen LogP contribution in [0.4, 0.5) is 0 Å². The maximum absolute atomic E-state index is 0. The van der Waals surface area contributed by atoms with Crippen LogP contribution in [0.1, 0.15) is 0 Å². The molecular weight excluding hydrogens is 248 g/mol. The third kappa shape index (κ3) is 104. The van der Waals surface area contributed by atoms with E-state index in [0.29, 0.717) is 0 Å². The fourth-order valence-corrected chi connectivity index (χ4v) is 0. The van der Waals surface area contributed by atoms with Crippen molar-refractivity contribution in [3.8, 4) is 0 Å². The first-order chi connectivity index (χ1) is 0. The molecule has 0 fully saturated rings. The van der Waals surface area contributed by atoms with Gasteiger partial charge in [0.1, 0.15) is 0 Å². The van der Waals surface area contributed by atoms with Gasteiger partial charge in [0, 0.05) is 0 Å². The van der Waals surface area contributed by atoms with Gasteiger partial charge in [0.15, 0.2) is 0 Å². The van der Waals surface area contributed by atoms with E-state index in [1.165, 1.54) is 0 Å². The molecule has 0 unspecified atom stereocenters. The van der Waals surface area contributed by atoms with Gasteiger partial charge in [0.25, 0.3) is 0 Å². The molecule has 0 radical (unpaired) electrons. The van der Waals surface area contributed by atoms with E-state index < -0.39 is 0 Å². The molecule has 0 spiro atoms. The monoisotopic (exact) mass is 250 g/mol. The predicted octanol–water partition coefficient (Wildman–Crippen LogP) is -1.18. The molecule has 0 aromatic carbocycles. The zero-order chi connectivity index (χ0) is 0. The van der Waals surface area contributed by atoms with E-state index in [2.05, 4.69) is 0 Å². The fourth-order valence-electron chi connectivity index (χ4n) is 0. The maximum Gasteiger partial charge on any atom is 6.00 e. The van der Waals surface area contributed by atoms with Gasteiger partial charge < -0.3 is 21.9 Å². The molecule has 0 aromatic heterocycles. The average Bonchev–Trinajstić information content (AvgIpc) is 0. The van der Waals surface area contributed by atoms with Crippen LogP contribution in [-0.4, -0.2) is 5.48 Å². The molecule has 0 rings (SSSR count). The summed E-state index contributed by atoms with van der Waals surface area (Å²) in [6.45, 7) is 0. The van der Waals surface area contributed by atoms with Gasteiger partial charge >= 0.3 is 21.1 Å². The van der Waals surface area contributed by atoms with Crippen molar-refractivity contribution >= 4 is 0 Å². The Morgan fingerprint density at radius 1 is 0.600 bits per heavy atom. The van der Waals surface area contributed by atoms with Crippen LogP contribution in [0.15, 0.2) is 0 Å². The quantitative estimate of drug-likeness (QED) is 0.514. The van der Waals surface area contributed by atoms with Gasteiger partial charge in [-0.25, -0.2) is 0 Å². The zero-order valence-electron chi connectivity index (χ0n) is 2.13. The summed E-state index contributed by atoms with van der Waals surface area (Å²) in [6, 6.07) is 0. The molecule has 0 aromatic rings. The first-order valence-corrected chi connectivity index (χ1v) is 0. The molecule has 4 nitrogen and oxygen atoms in total. The van der Waals surface area contributed by atoms with E-state index >= 15 is 0 Å². The molecular formula is H2O4W. The minimum Gasteiger partial charge on any atom is -2.00 e. The Balaban J connectivity index is 0. The molecule has 0 saturated carbocycles. The number of rotatable bonds is 0. The van der Waals surface area contributed by atoms with Crippen molar-refractivity contribution in [3.05, 3.63) is 0 Å². The van der Waals surface area contributed by atoms with E-state index in [1.807, 2.05) is 0 Å². The second kappa shape index (κ2) is 202. The van der Waals surface area contributed by atoms with Gasteiger partial charge in [-0.3, -0.25) is 0 Å². The van der Waals surface area contributed by atoms with Gasteiger partial charge in [-0.05, 0) is 0 Å². The van der Waals surface area contributed by atoms with Crippen LogP contribution in [-0.2, 0) is 37.5 Å². The van der Waals surface area contributed by atoms with E-state index in [9.17, 15) is 0 Å². The van der Waals surface area contributed by atoms with Crippen molar-refractivity contribution in [1.29, 1.82) is 0 Å². The molecule has 0 aliphatic heterocycles. The Morgan fingerprint density at radius 2 is 0.600 bits per heavy atom. The summed E-state index contributed by atoms with van der Waals surface area (Å²) < 4.78 is 0. The van der Waals surface area contributed by atoms with Crippen molar-refractivity contribution < 1.29 is 43.0 Å². The van der Waals surface area contributed by atoms with Gasteiger partial charge in [-0.15, -0.1) is 0 Å². The van der Waals surface area contributed by atoms with Gasteiger partial charge in [-0.2, -0.15) is 0 Å². The summed E-state index contributed by atoms with van der Waals surface area (Å²) in [5.41, 5.74) is 0. The second-order valence-corrected chi connectivity index (χ2v) is 0. The molecule has 0 amide bonds. The number of hydrogen-bond acceptors (Lipinski definition) is 0. The normalized spacial score (nSPS) is 0. The van der Waals surface area contributed by atoms with Crippen molar-refractivity contribution in [2.75, 3.05) is 0 Å². The van der Waals surface area contributed by atoms with Crippen molar-refractivity contribution in [2.45, 2.75) is 0 Å². The Morgan fingerprint density at radius 3 is 0.600 bits per heavy atom. The SMILES string of the molecule is O.[O-2].[O-2].[O-2].[W+6]. The minimum atomic E-state index is 0. The summed E-state index contributed by atoms with van der Waals surface area (Å²) in [6.07, 6.45) is 0. The molecule has 0 bridgehead atoms. The Hall–Kier alpha value is 0.528. The van der Waals surface area contributed by atoms with Gasteiger partial charge in [0.05, 0.1) is 0 Å². The van der Waals surface area contributed by atoms with Crippen molar-refractivity contribution in [2.24, 2.45) is 0 Å². The Kier molecular flexibility index (Phi) is 16400. The van der Waals surface area contributed by atoms with E-state index in [-0.39, 0.29) is 43.0 Å². The van der Waals surface area contributed by atoms with Crippen LogP contribution >= 0.6 is 0 Å². The van der Waals surface area contributed by atoms with Crippen molar-refractivity contribution in [1.82, 2.24) is 0 Å². The molecule has 2 N–H and O–H groups in total. The zero-order valence-corrected chi connectivity index (χ0v) is 5.07. The summed E-state index contributed by atoms with van der Waals surface area (Å²) in [7, 11) is 0. The Bertz CT molecular complexity index is 3.61. The topological polar surface area (TPSA) is 117 Å². The third-order valence-corrected chi connectivity index (χ3v) is 0. The van der Waals surface area contributed by atoms with Crippen LogP contribution in [0.5, 0.6) is 0 Å². The van der Waals surface area contributed by atoms with Crippen LogP contribution in [0, 0.1) is 0 Å². The largest absolute Gasteiger partial charge is 6.00 e. The molecule has 5 heavy (non-hydrogen) atoms. The van der Waals surface area contributed by atoms with Gasteiger partial charge in [-0.1, -0.05) is 0 Å². The molecule has 0 saturated heterocycles. The molecule has 32 valence electrons. The number of hydrogen-bond donors (Lipinski definition) is 0. The van der Waals surface area contributed by atoms with Crippen LogP contribution < -0.4 is 0 Å². The molecule has 5 heteroatoms. The maximum atomic E-state index is 0. The van der Waals surface area contributed by atoms with Gasteiger partial charge in [0.2, 0.25) is 0 Å². The summed E-state index contributed by atoms with van der Waals surface area (Å²) in [4.78, 5) is 0. The van der Waals surface area contributed by atoms with E-state index in [0.717, 1.165) is 0 Å². The average molecular weight is 250 g/mol. The smallest absolute Gasteiger partial charge is 2.00 e. The molecule has 0 atom stereocenters. The van der Waals surface area contributed by atoms with Crippen molar-refractivity contribution in [3.63, 3.8) is 0 Å². The van der Waals surface area contributed by atoms with Crippen LogP contribution in [0.25, 0.3) is 0 Å². The third-order valence-electron chi connectivity index (χ3n) is 0. The summed E-state index contributed by atoms with van der Waals surface area (Å²) >= 11 is 0. The molecule has 0 heterocycles. The summed E-state index contributed by atoms with van der Waals surface area (Å²) in [5, 5.41) is 0. The minimum absolute atomic E-state index is 0. The first kappa shape index (κ1) is 406. The first-order valence-electron chi connectivity index (χ1n) is 0. The standard InChI is InChI=1S/H2O.3O.W/h1H2;;;;/q;3*-2;+6. The molecule has 0 aliphatic rings. The van der Waals surface area contributed by atoms with E-state index in [4.69, 9.17) is 0 Å². The molecule has 0 aliphatic carbocycles. The predicted molar refractivity (Wildman–Crippen MR) is 5.67 cm³/mol. The second-order valence-electron chi connectivity index (χ2n) is 0. The van der Waals surface area contributed by atoms with Crippen LogP contribution in [0.2, 0.25) is 0 Å². The summed E-state index contributed by atoms with van der Waals surface area (Å²) in [5.74, 6) is 0. The fraction of sp³-hybridized carbons (Fsp3) is 0. The van der Waals surface area contributed by atoms with E-state index in [1.54, 1.807) is 0 Å². The van der Waals surface area contributed by atoms with Crippen LogP contribution in [0.3, 0.4) is 0 Å². The Labute approximate surface area is 43.7 Å².